The molecule has 0 atom stereocenters. The van der Waals surface area contributed by atoms with Crippen LogP contribution in [0.2, 0.25) is 0 Å². The second-order valence-electron chi connectivity index (χ2n) is 3.75. The molecule has 112 valence electrons. The lowest BCUT2D eigenvalue weighted by Crippen LogP contribution is -2.15. The highest BCUT2D eigenvalue weighted by Gasteiger charge is 2.22. The third kappa shape index (κ3) is 2.88. The Morgan fingerprint density at radius 2 is 2.24 bits per heavy atom. The molecular weight excluding hydrogens is 292 g/mol. The van der Waals surface area contributed by atoms with Gasteiger partial charge in [0.2, 0.25) is 5.88 Å². The zero-order valence-corrected chi connectivity index (χ0v) is 10.7. The first-order chi connectivity index (χ1) is 9.93. The molecule has 8 nitrogen and oxygen atoms in total. The summed E-state index contributed by atoms with van der Waals surface area (Å²) in [7, 11) is 0. The molecule has 0 radical (unpaired) electrons. The minimum Gasteiger partial charge on any atom is -0.448 e. The average molecular weight is 301 g/mol. The fourth-order valence-electron chi connectivity index (χ4n) is 1.69. The summed E-state index contributed by atoms with van der Waals surface area (Å²) < 4.78 is 34.3. The number of rotatable bonds is 4. The first-order valence-corrected chi connectivity index (χ1v) is 5.73. The van der Waals surface area contributed by atoms with Crippen LogP contribution in [0.5, 0.6) is 5.88 Å². The van der Waals surface area contributed by atoms with Crippen molar-refractivity contribution in [2.24, 2.45) is 0 Å². The van der Waals surface area contributed by atoms with Gasteiger partial charge in [0.05, 0.1) is 22.4 Å². The van der Waals surface area contributed by atoms with Crippen molar-refractivity contribution < 1.29 is 28.0 Å². The molecule has 0 unspecified atom stereocenters. The summed E-state index contributed by atoms with van der Waals surface area (Å²) in [6.45, 7) is -1.57. The van der Waals surface area contributed by atoms with Crippen LogP contribution in [0, 0.1) is 10.1 Å². The summed E-state index contributed by atoms with van der Waals surface area (Å²) in [6, 6.07) is 3.32. The van der Waals surface area contributed by atoms with E-state index in [9.17, 15) is 23.7 Å². The first-order valence-electron chi connectivity index (χ1n) is 5.73. The van der Waals surface area contributed by atoms with Crippen molar-refractivity contribution in [2.75, 3.05) is 6.61 Å². The minimum atomic E-state index is -3.18. The third-order valence-corrected chi connectivity index (χ3v) is 2.48. The number of aromatic nitrogens is 2. The molecule has 0 saturated heterocycles. The highest BCUT2D eigenvalue weighted by Crippen LogP contribution is 2.29. The maximum absolute atomic E-state index is 12.3. The lowest BCUT2D eigenvalue weighted by molar-refractivity contribution is -0.384. The molecular formula is C11H9F2N3O5. The number of halogens is 2. The monoisotopic (exact) mass is 301 g/mol. The minimum absolute atomic E-state index is 0.0538. The Kier molecular flexibility index (Phi) is 3.96. The van der Waals surface area contributed by atoms with E-state index in [4.69, 9.17) is 4.74 Å². The van der Waals surface area contributed by atoms with Crippen LogP contribution in [0.3, 0.4) is 0 Å². The van der Waals surface area contributed by atoms with E-state index >= 15 is 0 Å². The van der Waals surface area contributed by atoms with Crippen LogP contribution in [-0.4, -0.2) is 34.0 Å². The van der Waals surface area contributed by atoms with Gasteiger partial charge in [0, 0.05) is 12.1 Å². The van der Waals surface area contributed by atoms with Crippen LogP contribution in [0.4, 0.5) is 19.3 Å². The Morgan fingerprint density at radius 1 is 1.52 bits per heavy atom. The Bertz CT molecular complexity index is 700. The molecule has 0 amide bonds. The number of fused-ring (bicyclic) bond motifs is 1. The molecule has 21 heavy (non-hydrogen) atoms. The van der Waals surface area contributed by atoms with Crippen LogP contribution in [0.1, 0.15) is 6.92 Å². The number of hydrogen-bond acceptors (Lipinski definition) is 6. The first kappa shape index (κ1) is 14.6. The van der Waals surface area contributed by atoms with Crippen LogP contribution >= 0.6 is 0 Å². The summed E-state index contributed by atoms with van der Waals surface area (Å²) in [4.78, 5) is 21.7. The zero-order chi connectivity index (χ0) is 15.6. The van der Waals surface area contributed by atoms with E-state index in [0.29, 0.717) is 4.68 Å². The molecule has 0 aliphatic heterocycles. The van der Waals surface area contributed by atoms with Crippen LogP contribution in [0.15, 0.2) is 18.2 Å². The van der Waals surface area contributed by atoms with Crippen molar-refractivity contribution in [1.82, 2.24) is 9.78 Å². The van der Waals surface area contributed by atoms with Crippen molar-refractivity contribution in [1.29, 1.82) is 0 Å². The van der Waals surface area contributed by atoms with Gasteiger partial charge >= 0.3 is 12.7 Å². The number of benzene rings is 1. The van der Waals surface area contributed by atoms with E-state index < -0.39 is 23.5 Å². The van der Waals surface area contributed by atoms with Crippen molar-refractivity contribution in [3.05, 3.63) is 28.3 Å². The van der Waals surface area contributed by atoms with Gasteiger partial charge in [-0.25, -0.2) is 4.79 Å². The van der Waals surface area contributed by atoms with Crippen molar-refractivity contribution in [2.45, 2.75) is 13.5 Å². The van der Waals surface area contributed by atoms with Gasteiger partial charge in [-0.05, 0) is 13.0 Å². The van der Waals surface area contributed by atoms with Gasteiger partial charge in [-0.15, -0.1) is 5.10 Å². The molecule has 1 heterocycles. The number of hydrogen-bond donors (Lipinski definition) is 0. The smallest absolute Gasteiger partial charge is 0.435 e. The highest BCUT2D eigenvalue weighted by atomic mass is 19.3. The van der Waals surface area contributed by atoms with Gasteiger partial charge < -0.3 is 9.47 Å². The van der Waals surface area contributed by atoms with Crippen LogP contribution in [-0.2, 0) is 4.74 Å². The number of carbonyl (C=O) groups excluding carboxylic acids is 1. The van der Waals surface area contributed by atoms with E-state index in [1.54, 1.807) is 6.92 Å². The predicted molar refractivity (Wildman–Crippen MR) is 65.4 cm³/mol. The van der Waals surface area contributed by atoms with E-state index in [0.717, 1.165) is 12.1 Å². The molecule has 0 N–H and O–H groups in total. The Balaban J connectivity index is 2.61. The largest absolute Gasteiger partial charge is 0.448 e. The molecule has 2 rings (SSSR count). The van der Waals surface area contributed by atoms with Gasteiger partial charge in [-0.1, -0.05) is 0 Å². The SMILES string of the molecule is CCOC(=O)n1nc(OC(F)F)c2cc([N+](=O)[O-])ccc21. The molecule has 1 aromatic heterocycles. The summed E-state index contributed by atoms with van der Waals surface area (Å²) in [5, 5.41) is 14.2. The summed E-state index contributed by atoms with van der Waals surface area (Å²) in [6.07, 6.45) is -0.902. The third-order valence-electron chi connectivity index (χ3n) is 2.48. The Morgan fingerprint density at radius 3 is 2.81 bits per heavy atom. The van der Waals surface area contributed by atoms with Crippen LogP contribution < -0.4 is 4.74 Å². The summed E-state index contributed by atoms with van der Waals surface area (Å²) in [5.74, 6) is -0.586. The quantitative estimate of drug-likeness (QED) is 0.636. The number of carbonyl (C=O) groups is 1. The van der Waals surface area contributed by atoms with Gasteiger partial charge in [-0.3, -0.25) is 10.1 Å². The molecule has 0 bridgehead atoms. The van der Waals surface area contributed by atoms with Gasteiger partial charge in [0.15, 0.2) is 0 Å². The fourth-order valence-corrected chi connectivity index (χ4v) is 1.69. The second kappa shape index (κ2) is 5.69. The average Bonchev–Trinajstić information content (AvgIpc) is 2.76. The van der Waals surface area contributed by atoms with E-state index in [2.05, 4.69) is 9.84 Å². The Hall–Kier alpha value is -2.78. The maximum atomic E-state index is 12.3. The molecule has 0 aliphatic carbocycles. The summed E-state index contributed by atoms with van der Waals surface area (Å²) in [5.41, 5.74) is -0.278. The topological polar surface area (TPSA) is 96.5 Å². The standard InChI is InChI=1S/C11H9F2N3O5/c1-2-20-11(17)15-8-4-3-6(16(18)19)5-7(8)9(14-15)21-10(12)13/h3-5,10H,2H2,1H3. The maximum Gasteiger partial charge on any atom is 0.435 e. The van der Waals surface area contributed by atoms with Crippen molar-refractivity contribution in [3.8, 4) is 5.88 Å². The predicted octanol–water partition coefficient (Wildman–Crippen LogP) is 2.55. The van der Waals surface area contributed by atoms with Crippen molar-refractivity contribution >= 4 is 22.7 Å². The Labute approximate surface area is 116 Å². The van der Waals surface area contributed by atoms with E-state index in [1.807, 2.05) is 0 Å². The number of ether oxygens (including phenoxy) is 2. The number of nitrogens with zero attached hydrogens (tertiary/aromatic N) is 3. The number of nitro benzene ring substituents is 1. The van der Waals surface area contributed by atoms with E-state index in [-0.39, 0.29) is 23.2 Å². The number of non-ortho nitro benzene ring substituents is 1. The number of nitro groups is 1. The molecule has 0 spiro atoms. The molecule has 0 saturated carbocycles. The molecule has 0 aliphatic rings. The van der Waals surface area contributed by atoms with Crippen molar-refractivity contribution in [3.63, 3.8) is 0 Å². The molecule has 2 aromatic rings. The summed E-state index contributed by atoms with van der Waals surface area (Å²) >= 11 is 0. The lowest BCUT2D eigenvalue weighted by atomic mass is 10.2. The highest BCUT2D eigenvalue weighted by molar-refractivity contribution is 5.92. The van der Waals surface area contributed by atoms with Crippen LogP contribution in [0.25, 0.3) is 10.9 Å². The normalized spacial score (nSPS) is 10.9. The van der Waals surface area contributed by atoms with Gasteiger partial charge in [0.25, 0.3) is 5.69 Å². The fraction of sp³-hybridized carbons (Fsp3) is 0.273. The van der Waals surface area contributed by atoms with E-state index in [1.165, 1.54) is 6.07 Å². The lowest BCUT2D eigenvalue weighted by Gasteiger charge is -2.01. The second-order valence-corrected chi connectivity index (χ2v) is 3.75. The molecule has 1 aromatic carbocycles. The van der Waals surface area contributed by atoms with Gasteiger partial charge in [-0.2, -0.15) is 13.5 Å². The number of alkyl halides is 2. The molecule has 10 heteroatoms. The molecule has 0 fully saturated rings. The van der Waals surface area contributed by atoms with Gasteiger partial charge in [0.1, 0.15) is 0 Å². The zero-order valence-electron chi connectivity index (χ0n) is 10.7.